The Labute approximate surface area is 340 Å². The first-order valence-corrected chi connectivity index (χ1v) is 20.2. The molecule has 2 aliphatic rings. The zero-order valence-corrected chi connectivity index (χ0v) is 31.8. The molecule has 59 heavy (non-hydrogen) atoms. The zero-order chi connectivity index (χ0) is 38.7. The molecule has 0 saturated carbocycles. The molecule has 1 spiro atoms. The predicted octanol–water partition coefficient (Wildman–Crippen LogP) is 13.7. The second-order valence-corrected chi connectivity index (χ2v) is 15.7. The van der Waals surface area contributed by atoms with Gasteiger partial charge in [-0.3, -0.25) is 4.57 Å². The van der Waals surface area contributed by atoms with Crippen LogP contribution in [0.15, 0.2) is 200 Å². The van der Waals surface area contributed by atoms with Crippen LogP contribution in [0.1, 0.15) is 22.3 Å². The number of benzene rings is 9. The fourth-order valence-corrected chi connectivity index (χ4v) is 10.2. The monoisotopic (exact) mass is 751 g/mol. The molecule has 0 unspecified atom stereocenters. The average Bonchev–Trinajstić information content (AvgIpc) is 3.79. The van der Waals surface area contributed by atoms with Gasteiger partial charge in [0.15, 0.2) is 0 Å². The van der Waals surface area contributed by atoms with Crippen LogP contribution in [0.3, 0.4) is 0 Å². The van der Waals surface area contributed by atoms with E-state index in [4.69, 9.17) is 14.7 Å². The van der Waals surface area contributed by atoms with Crippen LogP contribution in [0.2, 0.25) is 0 Å². The first kappa shape index (κ1) is 32.3. The van der Waals surface area contributed by atoms with Gasteiger partial charge in [0.1, 0.15) is 11.5 Å². The molecule has 3 heterocycles. The summed E-state index contributed by atoms with van der Waals surface area (Å²) in [4.78, 5) is 10.9. The Balaban J connectivity index is 1.14. The van der Waals surface area contributed by atoms with E-state index in [9.17, 15) is 0 Å². The second kappa shape index (κ2) is 12.1. The summed E-state index contributed by atoms with van der Waals surface area (Å²) >= 11 is 0. The number of nitrogens with zero attached hydrogens (tertiary/aromatic N) is 3. The summed E-state index contributed by atoms with van der Waals surface area (Å²) in [5.74, 6) is 2.35. The number of hydrogen-bond donors (Lipinski definition) is 0. The highest BCUT2D eigenvalue weighted by Crippen LogP contribution is 2.62. The summed E-state index contributed by atoms with van der Waals surface area (Å²) in [6, 6.07) is 71.7. The molecular formula is C55H33N3O. The van der Waals surface area contributed by atoms with E-state index < -0.39 is 5.41 Å². The summed E-state index contributed by atoms with van der Waals surface area (Å²) in [5.41, 5.74) is 13.9. The van der Waals surface area contributed by atoms with E-state index in [-0.39, 0.29) is 0 Å². The van der Waals surface area contributed by atoms with Crippen LogP contribution < -0.4 is 4.74 Å². The fourth-order valence-electron chi connectivity index (χ4n) is 10.2. The standard InChI is InChI=1S/C55H33N3O/c1-2-14-34(15-3-1)35-26-28-37(29-27-35)53-41-20-8-12-24-47(41)56-54(57-53)58-48-31-30-36-16-4-5-17-38(36)52(48)42-32-51-46(33-49(42)58)55(45-23-11-13-25-50(45)59-51)43-21-9-6-18-39(43)40-19-7-10-22-44(40)55/h1-33H. The van der Waals surface area contributed by atoms with Gasteiger partial charge >= 0.3 is 0 Å². The van der Waals surface area contributed by atoms with Crippen molar-refractivity contribution >= 4 is 43.5 Å². The molecule has 0 radical (unpaired) electrons. The van der Waals surface area contributed by atoms with Gasteiger partial charge in [0.05, 0.1) is 27.7 Å². The Hall–Kier alpha value is -7.82. The lowest BCUT2D eigenvalue weighted by atomic mass is 9.66. The summed E-state index contributed by atoms with van der Waals surface area (Å²) in [6.45, 7) is 0. The lowest BCUT2D eigenvalue weighted by molar-refractivity contribution is 0.437. The van der Waals surface area contributed by atoms with Crippen molar-refractivity contribution in [3.63, 3.8) is 0 Å². The van der Waals surface area contributed by atoms with E-state index in [1.165, 1.54) is 44.2 Å². The third-order valence-electron chi connectivity index (χ3n) is 12.7. The second-order valence-electron chi connectivity index (χ2n) is 15.7. The summed E-state index contributed by atoms with van der Waals surface area (Å²) in [6.07, 6.45) is 0. The maximum atomic E-state index is 7.01. The van der Waals surface area contributed by atoms with Gasteiger partial charge in [-0.1, -0.05) is 170 Å². The van der Waals surface area contributed by atoms with Gasteiger partial charge in [0.2, 0.25) is 5.95 Å². The first-order valence-electron chi connectivity index (χ1n) is 20.2. The van der Waals surface area contributed by atoms with E-state index in [0.29, 0.717) is 5.95 Å². The van der Waals surface area contributed by atoms with Crippen LogP contribution in [0, 0.1) is 0 Å². The maximum absolute atomic E-state index is 7.01. The number of hydrogen-bond acceptors (Lipinski definition) is 3. The quantitative estimate of drug-likeness (QED) is 0.180. The van der Waals surface area contributed by atoms with Crippen molar-refractivity contribution < 1.29 is 4.74 Å². The minimum atomic E-state index is -0.606. The number of rotatable bonds is 3. The Bertz CT molecular complexity index is 3480. The summed E-state index contributed by atoms with van der Waals surface area (Å²) < 4.78 is 9.30. The molecule has 0 saturated heterocycles. The van der Waals surface area contributed by atoms with Gasteiger partial charge in [0.25, 0.3) is 0 Å². The van der Waals surface area contributed by atoms with Gasteiger partial charge in [0, 0.05) is 32.8 Å². The Morgan fingerprint density at radius 2 is 1.03 bits per heavy atom. The summed E-state index contributed by atoms with van der Waals surface area (Å²) in [7, 11) is 0. The third kappa shape index (κ3) is 4.43. The summed E-state index contributed by atoms with van der Waals surface area (Å²) in [5, 5.41) is 5.60. The lowest BCUT2D eigenvalue weighted by Crippen LogP contribution is -2.32. The highest BCUT2D eigenvalue weighted by atomic mass is 16.5. The predicted molar refractivity (Wildman–Crippen MR) is 240 cm³/mol. The molecule has 0 fully saturated rings. The molecule has 13 rings (SSSR count). The molecule has 11 aromatic rings. The Kier molecular flexibility index (Phi) is 6.62. The van der Waals surface area contributed by atoms with Crippen LogP contribution in [-0.4, -0.2) is 14.5 Å². The maximum Gasteiger partial charge on any atom is 0.235 e. The molecule has 274 valence electrons. The van der Waals surface area contributed by atoms with Gasteiger partial charge in [-0.05, 0) is 74.5 Å². The van der Waals surface area contributed by atoms with Gasteiger partial charge in [-0.25, -0.2) is 9.97 Å². The smallest absolute Gasteiger partial charge is 0.235 e. The van der Waals surface area contributed by atoms with E-state index in [2.05, 4.69) is 205 Å². The van der Waals surface area contributed by atoms with Gasteiger partial charge in [-0.2, -0.15) is 0 Å². The van der Waals surface area contributed by atoms with Gasteiger partial charge < -0.3 is 4.74 Å². The van der Waals surface area contributed by atoms with Crippen molar-refractivity contribution in [1.29, 1.82) is 0 Å². The van der Waals surface area contributed by atoms with Crippen LogP contribution in [0.4, 0.5) is 0 Å². The van der Waals surface area contributed by atoms with Crippen molar-refractivity contribution in [2.75, 3.05) is 0 Å². The normalized spacial score (nSPS) is 13.4. The zero-order valence-electron chi connectivity index (χ0n) is 31.8. The third-order valence-corrected chi connectivity index (χ3v) is 12.7. The highest BCUT2D eigenvalue weighted by molar-refractivity contribution is 6.22. The van der Waals surface area contributed by atoms with E-state index in [0.717, 1.165) is 66.6 Å². The van der Waals surface area contributed by atoms with Crippen LogP contribution in [0.5, 0.6) is 11.5 Å². The van der Waals surface area contributed by atoms with E-state index in [1.807, 2.05) is 0 Å². The van der Waals surface area contributed by atoms with E-state index >= 15 is 0 Å². The Morgan fingerprint density at radius 1 is 0.407 bits per heavy atom. The molecule has 1 aliphatic heterocycles. The number of para-hydroxylation sites is 2. The lowest BCUT2D eigenvalue weighted by Gasteiger charge is -2.39. The molecular weight excluding hydrogens is 719 g/mol. The van der Waals surface area contributed by atoms with Crippen molar-refractivity contribution in [3.05, 3.63) is 222 Å². The average molecular weight is 752 g/mol. The first-order chi connectivity index (χ1) is 29.3. The molecule has 2 aromatic heterocycles. The highest BCUT2D eigenvalue weighted by Gasteiger charge is 2.51. The largest absolute Gasteiger partial charge is 0.457 e. The minimum absolute atomic E-state index is 0.606. The van der Waals surface area contributed by atoms with Crippen molar-refractivity contribution in [2.24, 2.45) is 0 Å². The molecule has 9 aromatic carbocycles. The van der Waals surface area contributed by atoms with Crippen LogP contribution >= 0.6 is 0 Å². The van der Waals surface area contributed by atoms with Crippen LogP contribution in [-0.2, 0) is 5.41 Å². The van der Waals surface area contributed by atoms with Crippen molar-refractivity contribution in [2.45, 2.75) is 5.41 Å². The molecule has 0 amide bonds. The molecule has 1 aliphatic carbocycles. The van der Waals surface area contributed by atoms with E-state index in [1.54, 1.807) is 0 Å². The van der Waals surface area contributed by atoms with Crippen LogP contribution in [0.25, 0.3) is 82.9 Å². The molecule has 4 nitrogen and oxygen atoms in total. The molecule has 0 N–H and O–H groups in total. The number of fused-ring (bicyclic) bond motifs is 15. The minimum Gasteiger partial charge on any atom is -0.457 e. The molecule has 0 atom stereocenters. The van der Waals surface area contributed by atoms with Crippen molar-refractivity contribution in [3.8, 4) is 51.0 Å². The molecule has 0 bridgehead atoms. The topological polar surface area (TPSA) is 39.9 Å². The fraction of sp³-hybridized carbons (Fsp3) is 0.0182. The molecule has 4 heteroatoms. The van der Waals surface area contributed by atoms with Crippen molar-refractivity contribution in [1.82, 2.24) is 14.5 Å². The Morgan fingerprint density at radius 3 is 1.83 bits per heavy atom. The number of ether oxygens (including phenoxy) is 1. The SMILES string of the molecule is c1ccc(-c2ccc(-c3nc(-n4c5cc6c(cc5c5c7ccccc7ccc54)Oc4ccccc4C64c5ccccc5-c5ccccc54)nc4ccccc34)cc2)cc1. The number of aromatic nitrogens is 3. The van der Waals surface area contributed by atoms with Gasteiger partial charge in [-0.15, -0.1) is 0 Å².